The second-order valence-electron chi connectivity index (χ2n) is 16.4. The van der Waals surface area contributed by atoms with E-state index < -0.39 is 29.3 Å². The smallest absolute Gasteiger partial charge is 0.309 e. The lowest BCUT2D eigenvalue weighted by Crippen LogP contribution is -2.38. The molecule has 5 N–H and O–H groups in total. The van der Waals surface area contributed by atoms with Gasteiger partial charge in [0.05, 0.1) is 50.9 Å². The fraction of sp³-hybridized carbons (Fsp3) is 0.488. The number of amides is 2. The molecule has 0 unspecified atom stereocenters. The van der Waals surface area contributed by atoms with Crippen molar-refractivity contribution in [2.24, 2.45) is 24.9 Å². The number of aromatic nitrogens is 4. The van der Waals surface area contributed by atoms with Crippen LogP contribution in [0.15, 0.2) is 36.4 Å². The van der Waals surface area contributed by atoms with Crippen LogP contribution in [0.5, 0.6) is 0 Å². The third kappa shape index (κ3) is 7.36. The number of nitrogens with one attached hydrogen (secondary N) is 2. The van der Waals surface area contributed by atoms with Crippen LogP contribution >= 0.6 is 23.2 Å². The monoisotopic (exact) mass is 818 g/mol. The van der Waals surface area contributed by atoms with Crippen molar-refractivity contribution >= 4 is 52.4 Å². The van der Waals surface area contributed by atoms with E-state index in [0.717, 1.165) is 80.8 Å². The van der Waals surface area contributed by atoms with E-state index in [4.69, 9.17) is 28.2 Å². The summed E-state index contributed by atoms with van der Waals surface area (Å²) in [7, 11) is 3.65. The molecule has 302 valence electrons. The van der Waals surface area contributed by atoms with Gasteiger partial charge in [-0.3, -0.25) is 24.2 Å². The van der Waals surface area contributed by atoms with Gasteiger partial charge in [0.15, 0.2) is 11.6 Å². The molecule has 14 nitrogen and oxygen atoms in total. The average Bonchev–Trinajstić information content (AvgIpc) is 3.96. The number of anilines is 2. The molecule has 0 spiro atoms. The summed E-state index contributed by atoms with van der Waals surface area (Å²) in [5.41, 5.74) is 5.06. The minimum absolute atomic E-state index is 0.124. The van der Waals surface area contributed by atoms with Crippen LogP contribution < -0.4 is 10.6 Å². The molecule has 57 heavy (non-hydrogen) atoms. The minimum Gasteiger partial charge on any atom is -0.481 e. The lowest BCUT2D eigenvalue weighted by Gasteiger charge is -2.32. The Morgan fingerprint density at radius 3 is 1.81 bits per heavy atom. The minimum atomic E-state index is -0.845. The number of carboxylic acids is 1. The predicted molar refractivity (Wildman–Crippen MR) is 215 cm³/mol. The van der Waals surface area contributed by atoms with Gasteiger partial charge in [-0.05, 0) is 62.6 Å². The third-order valence-electron chi connectivity index (χ3n) is 12.9. The van der Waals surface area contributed by atoms with Crippen LogP contribution in [0.25, 0.3) is 11.1 Å². The number of carbonyl (C=O) groups excluding carboxylic acids is 2. The van der Waals surface area contributed by atoms with E-state index in [1.165, 1.54) is 0 Å². The first kappa shape index (κ1) is 39.5. The molecular weight excluding hydrogens is 771 g/mol. The fourth-order valence-electron chi connectivity index (χ4n) is 9.66. The number of hydrogen-bond acceptors (Lipinski definition) is 9. The number of aliphatic hydroxyl groups is 2. The summed E-state index contributed by atoms with van der Waals surface area (Å²) in [6.07, 6.45) is 5.87. The maximum atomic E-state index is 13.7. The molecule has 2 aromatic heterocycles. The first-order valence-electron chi connectivity index (χ1n) is 19.6. The van der Waals surface area contributed by atoms with Crippen LogP contribution in [0.2, 0.25) is 10.0 Å². The molecule has 2 aliphatic carbocycles. The Morgan fingerprint density at radius 2 is 1.32 bits per heavy atom. The van der Waals surface area contributed by atoms with Crippen molar-refractivity contribution < 1.29 is 29.7 Å². The van der Waals surface area contributed by atoms with E-state index >= 15 is 0 Å². The maximum Gasteiger partial charge on any atom is 0.309 e. The molecule has 2 saturated carbocycles. The molecule has 4 aromatic rings. The van der Waals surface area contributed by atoms with Gasteiger partial charge in [-0.15, -0.1) is 0 Å². The number of nitrogens with zero attached hydrogens (tertiary/aromatic N) is 6. The number of carboxylic acid groups (broad SMARTS) is 1. The summed E-state index contributed by atoms with van der Waals surface area (Å²) < 4.78 is 3.63. The number of carbonyl (C=O) groups is 3. The van der Waals surface area contributed by atoms with Crippen LogP contribution in [-0.4, -0.2) is 101 Å². The summed E-state index contributed by atoms with van der Waals surface area (Å²) in [6, 6.07) is 10.5. The number of rotatable bonds is 12. The molecule has 2 aromatic carbocycles. The Labute approximate surface area is 340 Å². The first-order chi connectivity index (χ1) is 27.3. The second-order valence-corrected chi connectivity index (χ2v) is 17.1. The molecule has 1 atom stereocenters. The van der Waals surface area contributed by atoms with Crippen molar-refractivity contribution in [2.75, 3.05) is 43.4 Å². The Morgan fingerprint density at radius 1 is 0.807 bits per heavy atom. The zero-order valence-corrected chi connectivity index (χ0v) is 33.7. The van der Waals surface area contributed by atoms with Gasteiger partial charge in [0.2, 0.25) is 0 Å². The van der Waals surface area contributed by atoms with Crippen LogP contribution in [0.4, 0.5) is 11.4 Å². The van der Waals surface area contributed by atoms with Crippen molar-refractivity contribution in [1.82, 2.24) is 28.9 Å². The van der Waals surface area contributed by atoms with Gasteiger partial charge in [-0.25, -0.2) is 9.97 Å². The molecule has 2 amide bonds. The Hall–Kier alpha value is -4.31. The number of aliphatic carboxylic acids is 1. The summed E-state index contributed by atoms with van der Waals surface area (Å²) >= 11 is 13.9. The average molecular weight is 820 g/mol. The summed E-state index contributed by atoms with van der Waals surface area (Å²) in [6.45, 7) is 3.48. The zero-order valence-electron chi connectivity index (χ0n) is 32.2. The highest BCUT2D eigenvalue weighted by molar-refractivity contribution is 6.40. The van der Waals surface area contributed by atoms with Gasteiger partial charge >= 0.3 is 5.97 Å². The molecule has 2 aliphatic heterocycles. The van der Waals surface area contributed by atoms with Gasteiger partial charge in [0.25, 0.3) is 11.8 Å². The molecular formula is C41H48Cl2N8O6. The predicted octanol–water partition coefficient (Wildman–Crippen LogP) is 5.13. The molecule has 0 radical (unpaired) electrons. The molecule has 8 rings (SSSR count). The maximum absolute atomic E-state index is 13.7. The molecule has 0 saturated heterocycles. The normalized spacial score (nSPS) is 22.3. The van der Waals surface area contributed by atoms with E-state index in [2.05, 4.69) is 20.5 Å². The summed E-state index contributed by atoms with van der Waals surface area (Å²) in [5, 5.41) is 35.4. The highest BCUT2D eigenvalue weighted by atomic mass is 35.5. The largest absolute Gasteiger partial charge is 0.481 e. The van der Waals surface area contributed by atoms with Crippen LogP contribution in [0, 0.1) is 10.8 Å². The Kier molecular flexibility index (Phi) is 10.7. The molecule has 2 bridgehead atoms. The Balaban J connectivity index is 0.934. The SMILES string of the molecule is Cn1c(C(=O)Nc2cccc(-c3cccc(NC(=O)c4nc5c(n4C)CCN(C[C@@H](O)CO)C5)c3Cl)c2Cl)nc2c1CCN(CCC13CCC(C(=O)O)(CC1)C3)C2. The standard InChI is InChI=1S/C41H48Cl2N8O6/c1-48-31-9-16-50(18-15-40-11-13-41(23-40,14-12-40)39(56)57)20-29(31)44-35(48)37(54)46-27-7-3-5-25(33(27)42)26-6-4-8-28(34(26)43)47-38(55)36-45-30-21-51(19-24(53)22-52)17-10-32(30)49(36)2/h3-8,24,52-53H,9-23H2,1-2H3,(H,46,54)(H,47,55)(H,56,57)/t24-,40?,41?/m1/s1. The fourth-order valence-corrected chi connectivity index (χ4v) is 10.2. The van der Waals surface area contributed by atoms with Gasteiger partial charge in [0.1, 0.15) is 0 Å². The van der Waals surface area contributed by atoms with Gasteiger partial charge in [-0.2, -0.15) is 0 Å². The van der Waals surface area contributed by atoms with Crippen molar-refractivity contribution in [1.29, 1.82) is 0 Å². The lowest BCUT2D eigenvalue weighted by molar-refractivity contribution is -0.148. The quantitative estimate of drug-likeness (QED) is 0.129. The van der Waals surface area contributed by atoms with Crippen molar-refractivity contribution in [3.05, 3.63) is 80.9 Å². The van der Waals surface area contributed by atoms with E-state index in [-0.39, 0.29) is 33.7 Å². The number of halogens is 2. The van der Waals surface area contributed by atoms with E-state index in [0.29, 0.717) is 55.1 Å². The van der Waals surface area contributed by atoms with E-state index in [1.54, 1.807) is 48.0 Å². The van der Waals surface area contributed by atoms with Crippen molar-refractivity contribution in [3.8, 4) is 11.1 Å². The highest BCUT2D eigenvalue weighted by Crippen LogP contribution is 2.63. The molecule has 4 heterocycles. The summed E-state index contributed by atoms with van der Waals surface area (Å²) in [5.74, 6) is -0.952. The summed E-state index contributed by atoms with van der Waals surface area (Å²) in [4.78, 5) is 53.0. The molecule has 4 aliphatic rings. The number of imidazole rings is 2. The van der Waals surface area contributed by atoms with Gasteiger partial charge in [0, 0.05) is 82.2 Å². The van der Waals surface area contributed by atoms with E-state index in [1.807, 2.05) is 16.5 Å². The van der Waals surface area contributed by atoms with Crippen LogP contribution in [0.1, 0.15) is 82.5 Å². The number of benzene rings is 2. The number of hydrogen-bond donors (Lipinski definition) is 5. The van der Waals surface area contributed by atoms with Gasteiger partial charge < -0.3 is 35.1 Å². The number of β-amino-alcohol motifs (C(OH)–C–C–N with tert-alkyl or cyclic N) is 1. The first-order valence-corrected chi connectivity index (χ1v) is 20.3. The van der Waals surface area contributed by atoms with Crippen LogP contribution in [-0.2, 0) is 44.8 Å². The topological polar surface area (TPSA) is 178 Å². The van der Waals surface area contributed by atoms with Gasteiger partial charge in [-0.1, -0.05) is 47.5 Å². The van der Waals surface area contributed by atoms with E-state index in [9.17, 15) is 29.7 Å². The number of fused-ring (bicyclic) bond motifs is 4. The zero-order chi connectivity index (χ0) is 40.2. The van der Waals surface area contributed by atoms with Crippen molar-refractivity contribution in [2.45, 2.75) is 70.6 Å². The van der Waals surface area contributed by atoms with Crippen LogP contribution in [0.3, 0.4) is 0 Å². The highest BCUT2D eigenvalue weighted by Gasteiger charge is 2.57. The third-order valence-corrected chi connectivity index (χ3v) is 13.7. The Bertz CT molecular complexity index is 2250. The second kappa shape index (κ2) is 15.5. The molecule has 16 heteroatoms. The van der Waals surface area contributed by atoms with Crippen molar-refractivity contribution in [3.63, 3.8) is 0 Å². The lowest BCUT2D eigenvalue weighted by atomic mass is 9.80. The molecule has 2 fully saturated rings. The number of aliphatic hydroxyl groups excluding tert-OH is 2.